The van der Waals surface area contributed by atoms with Crippen LogP contribution in [0.5, 0.6) is 0 Å². The highest BCUT2D eigenvalue weighted by Gasteiger charge is 2.49. The molecule has 0 amide bonds. The van der Waals surface area contributed by atoms with Gasteiger partial charge in [0.05, 0.1) is 0 Å². The van der Waals surface area contributed by atoms with Gasteiger partial charge in [0.1, 0.15) is 0 Å². The lowest BCUT2D eigenvalue weighted by atomic mass is 10.9. The van der Waals surface area contributed by atoms with Crippen LogP contribution in [0.2, 0.25) is 37.3 Å². The first-order valence-corrected chi connectivity index (χ1v) is 18.8. The van der Waals surface area contributed by atoms with Crippen molar-refractivity contribution in [3.8, 4) is 0 Å². The van der Waals surface area contributed by atoms with Gasteiger partial charge >= 0.3 is 17.1 Å². The lowest BCUT2D eigenvalue weighted by molar-refractivity contribution is 0.312. The van der Waals surface area contributed by atoms with Gasteiger partial charge in [-0.25, -0.2) is 0 Å². The zero-order valence-corrected chi connectivity index (χ0v) is 21.2. The predicted octanol–water partition coefficient (Wildman–Crippen LogP) is 6.05. The third-order valence-corrected chi connectivity index (χ3v) is 22.0. The first-order valence-electron chi connectivity index (χ1n) is 9.26. The molecule has 0 aliphatic carbocycles. The van der Waals surface area contributed by atoms with E-state index < -0.39 is 33.8 Å². The summed E-state index contributed by atoms with van der Waals surface area (Å²) in [7, 11) is -9.17. The summed E-state index contributed by atoms with van der Waals surface area (Å²) in [5.74, 6) is 0. The van der Waals surface area contributed by atoms with Crippen LogP contribution in [0.1, 0.15) is 27.7 Å². The average Bonchev–Trinajstić information content (AvgIpc) is 2.66. The van der Waals surface area contributed by atoms with Crippen LogP contribution in [0.3, 0.4) is 0 Å². The lowest BCUT2D eigenvalue weighted by Gasteiger charge is -2.45. The predicted molar refractivity (Wildman–Crippen MR) is 121 cm³/mol. The molecule has 25 heavy (non-hydrogen) atoms. The first kappa shape index (κ1) is 24.7. The molecule has 7 heteroatoms. The molecular formula is C18H38O3Si4. The van der Waals surface area contributed by atoms with Crippen LogP contribution in [-0.4, -0.2) is 33.8 Å². The highest BCUT2D eigenvalue weighted by molar-refractivity contribution is 6.95. The molecule has 0 heterocycles. The molecule has 0 bridgehead atoms. The average molecular weight is 415 g/mol. The van der Waals surface area contributed by atoms with Gasteiger partial charge in [-0.05, 0) is 37.3 Å². The van der Waals surface area contributed by atoms with Crippen LogP contribution >= 0.6 is 0 Å². The van der Waals surface area contributed by atoms with E-state index >= 15 is 0 Å². The second-order valence-corrected chi connectivity index (χ2v) is 22.0. The fraction of sp³-hybridized carbons (Fsp3) is 0.556. The van der Waals surface area contributed by atoms with Crippen molar-refractivity contribution in [2.45, 2.75) is 65.0 Å². The van der Waals surface area contributed by atoms with Crippen molar-refractivity contribution in [3.63, 3.8) is 0 Å². The van der Waals surface area contributed by atoms with E-state index in [1.54, 1.807) is 0 Å². The topological polar surface area (TPSA) is 27.7 Å². The van der Waals surface area contributed by atoms with Crippen molar-refractivity contribution in [2.75, 3.05) is 0 Å². The van der Waals surface area contributed by atoms with E-state index in [9.17, 15) is 0 Å². The Morgan fingerprint density at radius 1 is 0.560 bits per heavy atom. The molecule has 144 valence electrons. The molecule has 0 radical (unpaired) electrons. The van der Waals surface area contributed by atoms with Crippen LogP contribution in [0.15, 0.2) is 49.1 Å². The van der Waals surface area contributed by atoms with Crippen molar-refractivity contribution >= 4 is 33.8 Å². The maximum atomic E-state index is 6.93. The van der Waals surface area contributed by atoms with Gasteiger partial charge in [-0.3, -0.25) is 0 Å². The zero-order chi connectivity index (χ0) is 19.8. The minimum Gasteiger partial charge on any atom is -0.429 e. The number of hydrogen-bond donors (Lipinski definition) is 0. The minimum atomic E-state index is -2.41. The summed E-state index contributed by atoms with van der Waals surface area (Å²) in [6, 6.07) is 3.58. The molecule has 0 aromatic rings. The van der Waals surface area contributed by atoms with Crippen LogP contribution < -0.4 is 0 Å². The Balaban J connectivity index is 5.87. The summed E-state index contributed by atoms with van der Waals surface area (Å²) in [6.07, 6.45) is 0. The lowest BCUT2D eigenvalue weighted by Crippen LogP contribution is -2.60. The Morgan fingerprint density at radius 2 is 0.800 bits per heavy atom. The maximum absolute atomic E-state index is 6.93. The standard InChI is InChI=1S/C18H38O3Si4/c1-11-22(9,12-2)19-24(15-5,16-6)21-25(17-7,18-8)20-23(10,13-3)14-4/h11-14H,1-4,15-18H2,5-10H3. The van der Waals surface area contributed by atoms with Gasteiger partial charge in [0.15, 0.2) is 0 Å². The van der Waals surface area contributed by atoms with Crippen molar-refractivity contribution in [3.05, 3.63) is 49.1 Å². The molecular weight excluding hydrogens is 377 g/mol. The van der Waals surface area contributed by atoms with Crippen molar-refractivity contribution in [1.82, 2.24) is 0 Å². The Morgan fingerprint density at radius 3 is 0.960 bits per heavy atom. The van der Waals surface area contributed by atoms with Gasteiger partial charge in [0, 0.05) is 0 Å². The minimum absolute atomic E-state index is 0.895. The summed E-state index contributed by atoms with van der Waals surface area (Å²) in [4.78, 5) is 0. The Hall–Kier alpha value is -0.292. The van der Waals surface area contributed by atoms with E-state index in [1.165, 1.54) is 0 Å². The Labute approximate surface area is 160 Å². The molecule has 0 saturated heterocycles. The molecule has 0 saturated carbocycles. The van der Waals surface area contributed by atoms with E-state index in [1.807, 2.05) is 22.8 Å². The molecule has 0 aliphatic heterocycles. The molecule has 0 aliphatic rings. The van der Waals surface area contributed by atoms with E-state index in [4.69, 9.17) is 12.3 Å². The maximum Gasteiger partial charge on any atom is 0.318 e. The smallest absolute Gasteiger partial charge is 0.318 e. The summed E-state index contributed by atoms with van der Waals surface area (Å²) in [5.41, 5.74) is 7.74. The summed E-state index contributed by atoms with van der Waals surface area (Å²) >= 11 is 0. The molecule has 0 N–H and O–H groups in total. The fourth-order valence-electron chi connectivity index (χ4n) is 2.59. The van der Waals surface area contributed by atoms with E-state index in [-0.39, 0.29) is 0 Å². The van der Waals surface area contributed by atoms with Crippen molar-refractivity contribution in [1.29, 1.82) is 0 Å². The molecule has 0 aromatic carbocycles. The highest BCUT2D eigenvalue weighted by atomic mass is 28.5. The van der Waals surface area contributed by atoms with Crippen molar-refractivity contribution in [2.24, 2.45) is 0 Å². The van der Waals surface area contributed by atoms with Gasteiger partial charge in [-0.2, -0.15) is 0 Å². The summed E-state index contributed by atoms with van der Waals surface area (Å²) in [6.45, 7) is 28.8. The first-order chi connectivity index (χ1) is 11.6. The van der Waals surface area contributed by atoms with Crippen LogP contribution in [0.25, 0.3) is 0 Å². The third kappa shape index (κ3) is 6.42. The molecule has 0 rings (SSSR count). The normalized spacial score (nSPS) is 13.4. The largest absolute Gasteiger partial charge is 0.429 e. The monoisotopic (exact) mass is 414 g/mol. The highest BCUT2D eigenvalue weighted by Crippen LogP contribution is 2.33. The van der Waals surface area contributed by atoms with Gasteiger partial charge in [-0.15, -0.1) is 26.3 Å². The van der Waals surface area contributed by atoms with Crippen LogP contribution in [0, 0.1) is 0 Å². The third-order valence-electron chi connectivity index (χ3n) is 4.96. The van der Waals surface area contributed by atoms with Gasteiger partial charge in [0.2, 0.25) is 16.6 Å². The second-order valence-electron chi connectivity index (χ2n) is 6.73. The molecule has 0 unspecified atom stereocenters. The Bertz CT molecular complexity index is 413. The van der Waals surface area contributed by atoms with E-state index in [2.05, 4.69) is 67.1 Å². The number of hydrogen-bond acceptors (Lipinski definition) is 3. The molecule has 0 fully saturated rings. The quantitative estimate of drug-likeness (QED) is 0.324. The SMILES string of the molecule is C=C[Si](C)(C=C)O[Si](CC)(CC)O[Si](CC)(CC)O[Si](C)(C=C)C=C. The second kappa shape index (κ2) is 10.1. The molecule has 3 nitrogen and oxygen atoms in total. The summed E-state index contributed by atoms with van der Waals surface area (Å²) in [5, 5.41) is 0. The van der Waals surface area contributed by atoms with Gasteiger partial charge < -0.3 is 12.3 Å². The fourth-order valence-corrected chi connectivity index (χ4v) is 20.1. The molecule has 0 atom stereocenters. The van der Waals surface area contributed by atoms with Gasteiger partial charge in [0.25, 0.3) is 0 Å². The zero-order valence-electron chi connectivity index (χ0n) is 17.2. The molecule has 0 aromatic heterocycles. The summed E-state index contributed by atoms with van der Waals surface area (Å²) < 4.78 is 20.3. The van der Waals surface area contributed by atoms with Gasteiger partial charge in [-0.1, -0.05) is 50.5 Å². The number of rotatable bonds is 14. The van der Waals surface area contributed by atoms with Crippen LogP contribution in [0.4, 0.5) is 0 Å². The van der Waals surface area contributed by atoms with E-state index in [0.717, 1.165) is 24.2 Å². The van der Waals surface area contributed by atoms with Crippen molar-refractivity contribution < 1.29 is 12.3 Å². The molecule has 0 spiro atoms. The van der Waals surface area contributed by atoms with Crippen LogP contribution in [-0.2, 0) is 12.3 Å². The van der Waals surface area contributed by atoms with E-state index in [0.29, 0.717) is 0 Å². The Kier molecular flexibility index (Phi) is 10.0.